The van der Waals surface area contributed by atoms with Gasteiger partial charge < -0.3 is 10.1 Å². The zero-order valence-electron chi connectivity index (χ0n) is 18.2. The number of ether oxygens (including phenoxy) is 1. The van der Waals surface area contributed by atoms with Crippen LogP contribution in [0.1, 0.15) is 15.9 Å². The van der Waals surface area contributed by atoms with Crippen molar-refractivity contribution in [1.82, 2.24) is 15.3 Å². The van der Waals surface area contributed by atoms with Crippen LogP contribution in [-0.2, 0) is 16.0 Å². The average molecular weight is 516 g/mol. The Bertz CT molecular complexity index is 1410. The highest BCUT2D eigenvalue weighted by Crippen LogP contribution is 2.38. The molecule has 1 atom stereocenters. The van der Waals surface area contributed by atoms with Crippen LogP contribution < -0.4 is 5.32 Å². The van der Waals surface area contributed by atoms with E-state index < -0.39 is 35.1 Å². The Kier molecular flexibility index (Phi) is 7.23. The van der Waals surface area contributed by atoms with E-state index >= 15 is 0 Å². The van der Waals surface area contributed by atoms with E-state index in [1.54, 1.807) is 30.5 Å². The fraction of sp³-hybridized carbons (Fsp3) is 0.120. The Morgan fingerprint density at radius 2 is 1.71 bits per heavy atom. The largest absolute Gasteiger partial charge is 0.467 e. The zero-order chi connectivity index (χ0) is 25.1. The van der Waals surface area contributed by atoms with Crippen LogP contribution in [0.5, 0.6) is 0 Å². The van der Waals surface area contributed by atoms with E-state index in [4.69, 9.17) is 27.9 Å². The number of nitrogens with zero attached hydrogens (tertiary/aromatic N) is 2. The molecule has 2 aromatic heterocycles. The lowest BCUT2D eigenvalue weighted by Gasteiger charge is -2.19. The summed E-state index contributed by atoms with van der Waals surface area (Å²) in [7, 11) is 1.15. The number of halogens is 4. The second kappa shape index (κ2) is 10.3. The molecule has 1 amide bonds. The van der Waals surface area contributed by atoms with Crippen molar-refractivity contribution >= 4 is 46.0 Å². The van der Waals surface area contributed by atoms with E-state index in [1.807, 2.05) is 0 Å². The Morgan fingerprint density at radius 3 is 2.37 bits per heavy atom. The number of hydrogen-bond acceptors (Lipinski definition) is 5. The summed E-state index contributed by atoms with van der Waals surface area (Å²) in [6.07, 6.45) is 4.50. The number of amides is 1. The molecule has 35 heavy (non-hydrogen) atoms. The molecule has 4 rings (SSSR count). The molecule has 2 aromatic carbocycles. The SMILES string of the molecule is COC(=O)[C@H](Cc1ccc(-c2c(Cl)cncc2Cl)c2ncccc12)NC(=O)c1c(F)cccc1F. The number of carbonyl (C=O) groups is 2. The lowest BCUT2D eigenvalue weighted by Crippen LogP contribution is -2.43. The van der Waals surface area contributed by atoms with Crippen LogP contribution in [0.15, 0.2) is 61.1 Å². The van der Waals surface area contributed by atoms with Gasteiger partial charge in [0.15, 0.2) is 0 Å². The van der Waals surface area contributed by atoms with Crippen molar-refractivity contribution in [3.63, 3.8) is 0 Å². The summed E-state index contributed by atoms with van der Waals surface area (Å²) in [5.41, 5.74) is 1.59. The fourth-order valence-electron chi connectivity index (χ4n) is 3.78. The Balaban J connectivity index is 1.74. The second-order valence-corrected chi connectivity index (χ2v) is 8.31. The minimum Gasteiger partial charge on any atom is -0.467 e. The third-order valence-electron chi connectivity index (χ3n) is 5.39. The quantitative estimate of drug-likeness (QED) is 0.348. The topological polar surface area (TPSA) is 81.2 Å². The van der Waals surface area contributed by atoms with Gasteiger partial charge in [0.1, 0.15) is 23.2 Å². The molecule has 0 aliphatic rings. The molecule has 1 N–H and O–H groups in total. The van der Waals surface area contributed by atoms with Crippen molar-refractivity contribution in [3.05, 3.63) is 93.9 Å². The van der Waals surface area contributed by atoms with Crippen LogP contribution >= 0.6 is 23.2 Å². The molecule has 10 heteroatoms. The van der Waals surface area contributed by atoms with E-state index in [-0.39, 0.29) is 6.42 Å². The summed E-state index contributed by atoms with van der Waals surface area (Å²) >= 11 is 12.7. The smallest absolute Gasteiger partial charge is 0.328 e. The van der Waals surface area contributed by atoms with Gasteiger partial charge in [-0.1, -0.05) is 47.5 Å². The summed E-state index contributed by atoms with van der Waals surface area (Å²) in [6.45, 7) is 0. The second-order valence-electron chi connectivity index (χ2n) is 7.50. The highest BCUT2D eigenvalue weighted by Gasteiger charge is 2.27. The number of methoxy groups -OCH3 is 1. The molecular weight excluding hydrogens is 499 g/mol. The monoisotopic (exact) mass is 515 g/mol. The molecule has 4 aromatic rings. The van der Waals surface area contributed by atoms with E-state index in [1.165, 1.54) is 12.4 Å². The molecule has 0 aliphatic heterocycles. The maximum Gasteiger partial charge on any atom is 0.328 e. The van der Waals surface area contributed by atoms with Crippen LogP contribution in [-0.4, -0.2) is 35.0 Å². The molecule has 0 radical (unpaired) electrons. The molecule has 0 saturated heterocycles. The maximum atomic E-state index is 14.1. The lowest BCUT2D eigenvalue weighted by molar-refractivity contribution is -0.142. The summed E-state index contributed by atoms with van der Waals surface area (Å²) < 4.78 is 33.0. The summed E-state index contributed by atoms with van der Waals surface area (Å²) in [4.78, 5) is 33.6. The van der Waals surface area contributed by atoms with Gasteiger partial charge in [-0.3, -0.25) is 14.8 Å². The summed E-state index contributed by atoms with van der Waals surface area (Å²) in [5, 5.41) is 3.71. The van der Waals surface area contributed by atoms with Crippen molar-refractivity contribution in [1.29, 1.82) is 0 Å². The predicted molar refractivity (Wildman–Crippen MR) is 128 cm³/mol. The van der Waals surface area contributed by atoms with Gasteiger partial charge in [-0.25, -0.2) is 13.6 Å². The first-order chi connectivity index (χ1) is 16.8. The molecule has 0 unspecified atom stereocenters. The number of hydrogen-bond donors (Lipinski definition) is 1. The normalized spacial score (nSPS) is 11.8. The number of rotatable bonds is 6. The average Bonchev–Trinajstić information content (AvgIpc) is 2.84. The summed E-state index contributed by atoms with van der Waals surface area (Å²) in [6, 6.07) is 8.80. The third-order valence-corrected chi connectivity index (χ3v) is 5.96. The lowest BCUT2D eigenvalue weighted by atomic mass is 9.95. The van der Waals surface area contributed by atoms with Crippen LogP contribution in [0, 0.1) is 11.6 Å². The van der Waals surface area contributed by atoms with E-state index in [0.29, 0.717) is 37.6 Å². The van der Waals surface area contributed by atoms with Gasteiger partial charge in [0.25, 0.3) is 5.91 Å². The first-order valence-electron chi connectivity index (χ1n) is 10.3. The van der Waals surface area contributed by atoms with Crippen molar-refractivity contribution in [2.24, 2.45) is 0 Å². The highest BCUT2D eigenvalue weighted by atomic mass is 35.5. The standard InChI is InChI=1S/C25H17Cl2F2N3O3/c1-35-25(34)20(32-24(33)22-18(28)5-2-6-19(22)29)10-13-7-8-15(23-14(13)4-3-9-31-23)21-16(26)11-30-12-17(21)27/h2-9,11-12,20H,10H2,1H3,(H,32,33)/t20-/m0/s1. The van der Waals surface area contributed by atoms with Gasteiger partial charge in [0.2, 0.25) is 0 Å². The number of esters is 1. The van der Waals surface area contributed by atoms with Gasteiger partial charge in [0, 0.05) is 41.5 Å². The van der Waals surface area contributed by atoms with Crippen LogP contribution in [0.4, 0.5) is 8.78 Å². The van der Waals surface area contributed by atoms with Gasteiger partial charge in [-0.2, -0.15) is 0 Å². The number of pyridine rings is 2. The number of nitrogens with one attached hydrogen (secondary N) is 1. The molecule has 0 saturated carbocycles. The van der Waals surface area contributed by atoms with Gasteiger partial charge >= 0.3 is 5.97 Å². The molecule has 0 aliphatic carbocycles. The van der Waals surface area contributed by atoms with E-state index in [2.05, 4.69) is 15.3 Å². The van der Waals surface area contributed by atoms with Gasteiger partial charge in [0.05, 0.1) is 22.7 Å². The molecular formula is C25H17Cl2F2N3O3. The van der Waals surface area contributed by atoms with Gasteiger partial charge in [-0.15, -0.1) is 0 Å². The molecule has 178 valence electrons. The number of benzene rings is 2. The highest BCUT2D eigenvalue weighted by molar-refractivity contribution is 6.39. The van der Waals surface area contributed by atoms with Gasteiger partial charge in [-0.05, 0) is 23.8 Å². The van der Waals surface area contributed by atoms with Crippen molar-refractivity contribution in [2.75, 3.05) is 7.11 Å². The predicted octanol–water partition coefficient (Wildman–Crippen LogP) is 5.40. The Hall–Kier alpha value is -3.62. The van der Waals surface area contributed by atoms with E-state index in [0.717, 1.165) is 25.3 Å². The Morgan fingerprint density at radius 1 is 1.03 bits per heavy atom. The number of fused-ring (bicyclic) bond motifs is 1. The third kappa shape index (κ3) is 4.94. The zero-order valence-corrected chi connectivity index (χ0v) is 19.7. The van der Waals surface area contributed by atoms with Crippen LogP contribution in [0.2, 0.25) is 10.0 Å². The molecule has 0 bridgehead atoms. The van der Waals surface area contributed by atoms with Crippen molar-refractivity contribution in [2.45, 2.75) is 12.5 Å². The molecule has 2 heterocycles. The molecule has 0 fully saturated rings. The minimum absolute atomic E-state index is 0.0330. The molecule has 0 spiro atoms. The number of carbonyl (C=O) groups excluding carboxylic acids is 2. The van der Waals surface area contributed by atoms with Crippen LogP contribution in [0.3, 0.4) is 0 Å². The maximum absolute atomic E-state index is 14.1. The van der Waals surface area contributed by atoms with Crippen LogP contribution in [0.25, 0.3) is 22.0 Å². The number of aromatic nitrogens is 2. The summed E-state index contributed by atoms with van der Waals surface area (Å²) in [5.74, 6) is -3.95. The van der Waals surface area contributed by atoms with E-state index in [9.17, 15) is 18.4 Å². The van der Waals surface area contributed by atoms with Crippen molar-refractivity contribution in [3.8, 4) is 11.1 Å². The molecule has 6 nitrogen and oxygen atoms in total. The first kappa shape index (κ1) is 24.5. The minimum atomic E-state index is -1.23. The first-order valence-corrected chi connectivity index (χ1v) is 11.1. The fourth-order valence-corrected chi connectivity index (χ4v) is 4.35. The Labute approximate surface area is 208 Å². The van der Waals surface area contributed by atoms with Crippen molar-refractivity contribution < 1.29 is 23.1 Å².